The van der Waals surface area contributed by atoms with Crippen LogP contribution < -0.4 is 5.32 Å². The van der Waals surface area contributed by atoms with Crippen molar-refractivity contribution in [3.05, 3.63) is 64.4 Å². The number of anilines is 1. The molecule has 1 aromatic heterocycles. The van der Waals surface area contributed by atoms with Crippen molar-refractivity contribution in [1.29, 1.82) is 0 Å². The van der Waals surface area contributed by atoms with E-state index >= 15 is 0 Å². The molecule has 20 heavy (non-hydrogen) atoms. The lowest BCUT2D eigenvalue weighted by atomic mass is 10.1. The summed E-state index contributed by atoms with van der Waals surface area (Å²) in [7, 11) is 0. The first kappa shape index (κ1) is 13.1. The highest BCUT2D eigenvalue weighted by atomic mass is 79.9. The van der Waals surface area contributed by atoms with Gasteiger partial charge in [-0.3, -0.25) is 9.97 Å². The summed E-state index contributed by atoms with van der Waals surface area (Å²) in [5.41, 5.74) is 5.34. The lowest BCUT2D eigenvalue weighted by Gasteiger charge is -2.09. The number of fused-ring (bicyclic) bond motifs is 1. The summed E-state index contributed by atoms with van der Waals surface area (Å²) in [5.74, 6) is 0. The topological polar surface area (TPSA) is 37.8 Å². The monoisotopic (exact) mass is 327 g/mol. The van der Waals surface area contributed by atoms with Gasteiger partial charge in [0.2, 0.25) is 0 Å². The van der Waals surface area contributed by atoms with Crippen LogP contribution in [-0.2, 0) is 6.54 Å². The summed E-state index contributed by atoms with van der Waals surface area (Å²) >= 11 is 3.60. The van der Waals surface area contributed by atoms with Gasteiger partial charge in [-0.2, -0.15) is 0 Å². The normalized spacial score (nSPS) is 10.7. The molecule has 4 heteroatoms. The maximum atomic E-state index is 4.31. The van der Waals surface area contributed by atoms with Gasteiger partial charge < -0.3 is 5.32 Å². The number of halogens is 1. The zero-order valence-corrected chi connectivity index (χ0v) is 12.7. The van der Waals surface area contributed by atoms with E-state index in [0.29, 0.717) is 0 Å². The highest BCUT2D eigenvalue weighted by Gasteiger charge is 2.01. The van der Waals surface area contributed by atoms with Crippen molar-refractivity contribution >= 4 is 32.7 Å². The molecule has 0 aliphatic heterocycles. The highest BCUT2D eigenvalue weighted by Crippen LogP contribution is 2.21. The lowest BCUT2D eigenvalue weighted by molar-refractivity contribution is 1.13. The van der Waals surface area contributed by atoms with Crippen LogP contribution in [0.25, 0.3) is 11.0 Å². The van der Waals surface area contributed by atoms with E-state index in [1.165, 1.54) is 11.1 Å². The summed E-state index contributed by atoms with van der Waals surface area (Å²) in [6.07, 6.45) is 3.42. The first-order valence-electron chi connectivity index (χ1n) is 6.42. The smallest absolute Gasteiger partial charge is 0.0907 e. The van der Waals surface area contributed by atoms with Crippen LogP contribution in [0.3, 0.4) is 0 Å². The Morgan fingerprint density at radius 3 is 2.60 bits per heavy atom. The summed E-state index contributed by atoms with van der Waals surface area (Å²) in [6.45, 7) is 2.86. The molecule has 0 aliphatic rings. The van der Waals surface area contributed by atoms with Gasteiger partial charge in [0.1, 0.15) is 0 Å². The standard InChI is InChI=1S/C16H14BrN3/c1-11-2-3-12(14(17)8-11)10-20-13-4-5-15-16(9-13)19-7-6-18-15/h2-9,20H,10H2,1H3. The third-order valence-corrected chi connectivity index (χ3v) is 3.90. The summed E-state index contributed by atoms with van der Waals surface area (Å²) < 4.78 is 1.13. The summed E-state index contributed by atoms with van der Waals surface area (Å²) in [6, 6.07) is 12.4. The fourth-order valence-corrected chi connectivity index (χ4v) is 2.70. The fraction of sp³-hybridized carbons (Fsp3) is 0.125. The molecule has 0 spiro atoms. The van der Waals surface area contributed by atoms with Crippen molar-refractivity contribution in [3.8, 4) is 0 Å². The van der Waals surface area contributed by atoms with Crippen LogP contribution in [0.15, 0.2) is 53.3 Å². The third kappa shape index (κ3) is 2.80. The minimum Gasteiger partial charge on any atom is -0.381 e. The average molecular weight is 328 g/mol. The number of nitrogens with one attached hydrogen (secondary N) is 1. The van der Waals surface area contributed by atoms with Gasteiger partial charge in [0.05, 0.1) is 11.0 Å². The fourth-order valence-electron chi connectivity index (χ4n) is 2.07. The molecule has 0 saturated heterocycles. The average Bonchev–Trinajstić information content (AvgIpc) is 2.46. The van der Waals surface area contributed by atoms with E-state index in [1.807, 2.05) is 18.2 Å². The molecule has 0 bridgehead atoms. The van der Waals surface area contributed by atoms with E-state index in [4.69, 9.17) is 0 Å². The number of hydrogen-bond acceptors (Lipinski definition) is 3. The predicted octanol–water partition coefficient (Wildman–Crippen LogP) is 4.31. The molecular formula is C16H14BrN3. The van der Waals surface area contributed by atoms with Gasteiger partial charge in [0.15, 0.2) is 0 Å². The van der Waals surface area contributed by atoms with E-state index in [-0.39, 0.29) is 0 Å². The molecular weight excluding hydrogens is 314 g/mol. The molecule has 2 aromatic carbocycles. The first-order valence-corrected chi connectivity index (χ1v) is 7.21. The molecule has 1 N–H and O–H groups in total. The second-order valence-corrected chi connectivity index (χ2v) is 5.56. The molecule has 0 radical (unpaired) electrons. The molecule has 3 rings (SSSR count). The van der Waals surface area contributed by atoms with Gasteiger partial charge in [-0.1, -0.05) is 28.1 Å². The van der Waals surface area contributed by atoms with Crippen molar-refractivity contribution < 1.29 is 0 Å². The van der Waals surface area contributed by atoms with Crippen LogP contribution in [0.4, 0.5) is 5.69 Å². The molecule has 0 amide bonds. The summed E-state index contributed by atoms with van der Waals surface area (Å²) in [4.78, 5) is 8.58. The van der Waals surface area contributed by atoms with Gasteiger partial charge in [-0.15, -0.1) is 0 Å². The Hall–Kier alpha value is -1.94. The Kier molecular flexibility index (Phi) is 3.65. The predicted molar refractivity (Wildman–Crippen MR) is 85.7 cm³/mol. The van der Waals surface area contributed by atoms with Crippen LogP contribution >= 0.6 is 15.9 Å². The van der Waals surface area contributed by atoms with Crippen LogP contribution in [0.1, 0.15) is 11.1 Å². The maximum absolute atomic E-state index is 4.31. The Labute approximate surface area is 126 Å². The number of aromatic nitrogens is 2. The highest BCUT2D eigenvalue weighted by molar-refractivity contribution is 9.10. The van der Waals surface area contributed by atoms with E-state index in [9.17, 15) is 0 Å². The molecule has 3 nitrogen and oxygen atoms in total. The zero-order chi connectivity index (χ0) is 13.9. The van der Waals surface area contributed by atoms with Crippen molar-refractivity contribution in [2.24, 2.45) is 0 Å². The number of rotatable bonds is 3. The van der Waals surface area contributed by atoms with Crippen molar-refractivity contribution in [2.45, 2.75) is 13.5 Å². The summed E-state index contributed by atoms with van der Waals surface area (Å²) in [5, 5.41) is 3.42. The zero-order valence-electron chi connectivity index (χ0n) is 11.1. The second-order valence-electron chi connectivity index (χ2n) is 4.71. The van der Waals surface area contributed by atoms with Crippen LogP contribution in [0, 0.1) is 6.92 Å². The molecule has 3 aromatic rings. The first-order chi connectivity index (χ1) is 9.72. The Balaban J connectivity index is 1.79. The molecule has 0 unspecified atom stereocenters. The number of benzene rings is 2. The number of aryl methyl sites for hydroxylation is 1. The van der Waals surface area contributed by atoms with E-state index in [0.717, 1.165) is 27.7 Å². The maximum Gasteiger partial charge on any atom is 0.0907 e. The van der Waals surface area contributed by atoms with E-state index in [2.05, 4.69) is 56.3 Å². The molecule has 0 aliphatic carbocycles. The Morgan fingerprint density at radius 1 is 1.00 bits per heavy atom. The molecule has 100 valence electrons. The largest absolute Gasteiger partial charge is 0.381 e. The molecule has 1 heterocycles. The Morgan fingerprint density at radius 2 is 1.80 bits per heavy atom. The SMILES string of the molecule is Cc1ccc(CNc2ccc3nccnc3c2)c(Br)c1. The minimum absolute atomic E-state index is 0.770. The Bertz CT molecular complexity index is 756. The van der Waals surface area contributed by atoms with Gasteiger partial charge >= 0.3 is 0 Å². The van der Waals surface area contributed by atoms with Crippen LogP contribution in [0.2, 0.25) is 0 Å². The minimum atomic E-state index is 0.770. The number of hydrogen-bond donors (Lipinski definition) is 1. The van der Waals surface area contributed by atoms with Gasteiger partial charge in [0, 0.05) is 29.1 Å². The molecule has 0 atom stereocenters. The quantitative estimate of drug-likeness (QED) is 0.778. The molecule has 0 fully saturated rings. The van der Waals surface area contributed by atoms with Gasteiger partial charge in [-0.05, 0) is 42.3 Å². The van der Waals surface area contributed by atoms with Crippen LogP contribution in [-0.4, -0.2) is 9.97 Å². The van der Waals surface area contributed by atoms with Gasteiger partial charge in [0.25, 0.3) is 0 Å². The van der Waals surface area contributed by atoms with E-state index < -0.39 is 0 Å². The van der Waals surface area contributed by atoms with Gasteiger partial charge in [-0.25, -0.2) is 0 Å². The lowest BCUT2D eigenvalue weighted by Crippen LogP contribution is -2.00. The second kappa shape index (κ2) is 5.59. The molecule has 0 saturated carbocycles. The number of nitrogens with zero attached hydrogens (tertiary/aromatic N) is 2. The third-order valence-electron chi connectivity index (χ3n) is 3.16. The van der Waals surface area contributed by atoms with Crippen molar-refractivity contribution in [2.75, 3.05) is 5.32 Å². The van der Waals surface area contributed by atoms with Crippen LogP contribution in [0.5, 0.6) is 0 Å². The van der Waals surface area contributed by atoms with E-state index in [1.54, 1.807) is 12.4 Å². The van der Waals surface area contributed by atoms with Crippen molar-refractivity contribution in [1.82, 2.24) is 9.97 Å². The van der Waals surface area contributed by atoms with Crippen molar-refractivity contribution in [3.63, 3.8) is 0 Å².